The summed E-state index contributed by atoms with van der Waals surface area (Å²) in [6.07, 6.45) is 3.84. The Morgan fingerprint density at radius 2 is 1.79 bits per heavy atom. The van der Waals surface area contributed by atoms with Crippen LogP contribution in [0.3, 0.4) is 0 Å². The molecule has 0 amide bonds. The van der Waals surface area contributed by atoms with Crippen LogP contribution in [-0.2, 0) is 0 Å². The molecule has 0 fully saturated rings. The molecule has 0 unspecified atom stereocenters. The van der Waals surface area contributed by atoms with Gasteiger partial charge in [-0.25, -0.2) is 9.37 Å². The highest BCUT2D eigenvalue weighted by molar-refractivity contribution is 7.26. The normalized spacial score (nSPS) is 11.7. The summed E-state index contributed by atoms with van der Waals surface area (Å²) < 4.78 is 18.4. The molecule has 0 radical (unpaired) electrons. The molecule has 5 rings (SSSR count). The van der Waals surface area contributed by atoms with Crippen LogP contribution in [-0.4, -0.2) is 9.55 Å². The Morgan fingerprint density at radius 1 is 0.964 bits per heavy atom. The van der Waals surface area contributed by atoms with Crippen LogP contribution in [0.1, 0.15) is 25.3 Å². The van der Waals surface area contributed by atoms with Crippen LogP contribution >= 0.6 is 11.3 Å². The Balaban J connectivity index is 1.92. The summed E-state index contributed by atoms with van der Waals surface area (Å²) >= 11 is 1.51. The lowest BCUT2D eigenvalue weighted by Gasteiger charge is -2.17. The van der Waals surface area contributed by atoms with E-state index in [1.54, 1.807) is 6.07 Å². The standard InChI is InChI=1S/C24H19FN2S/c1-15(2)17-11-12-20-21(18-9-6-10-19(25)23(18)28-20)22(17)27-14-13-26-24(27)16-7-4-3-5-8-16/h3-15H,1-2H3. The van der Waals surface area contributed by atoms with Crippen molar-refractivity contribution in [1.82, 2.24) is 9.55 Å². The van der Waals surface area contributed by atoms with Crippen LogP contribution < -0.4 is 0 Å². The highest BCUT2D eigenvalue weighted by Gasteiger charge is 2.20. The first kappa shape index (κ1) is 17.1. The molecule has 0 saturated heterocycles. The Labute approximate surface area is 166 Å². The minimum absolute atomic E-state index is 0.162. The monoisotopic (exact) mass is 386 g/mol. The first-order valence-electron chi connectivity index (χ1n) is 9.38. The minimum Gasteiger partial charge on any atom is -0.299 e. The number of hydrogen-bond acceptors (Lipinski definition) is 2. The summed E-state index contributed by atoms with van der Waals surface area (Å²) in [4.78, 5) is 4.64. The average molecular weight is 386 g/mol. The van der Waals surface area contributed by atoms with Crippen LogP contribution in [0.5, 0.6) is 0 Å². The zero-order chi connectivity index (χ0) is 19.3. The predicted octanol–water partition coefficient (Wildman–Crippen LogP) is 7.17. The Kier molecular flexibility index (Phi) is 4.02. The summed E-state index contributed by atoms with van der Waals surface area (Å²) in [7, 11) is 0. The van der Waals surface area contributed by atoms with Gasteiger partial charge >= 0.3 is 0 Å². The Hall–Kier alpha value is -2.98. The van der Waals surface area contributed by atoms with E-state index in [2.05, 4.69) is 47.7 Å². The molecule has 2 heterocycles. The number of thiophene rings is 1. The molecule has 28 heavy (non-hydrogen) atoms. The topological polar surface area (TPSA) is 17.8 Å². The lowest BCUT2D eigenvalue weighted by molar-refractivity contribution is 0.642. The van der Waals surface area contributed by atoms with Gasteiger partial charge in [-0.05, 0) is 23.6 Å². The zero-order valence-corrected chi connectivity index (χ0v) is 16.5. The number of halogens is 1. The van der Waals surface area contributed by atoms with Crippen molar-refractivity contribution >= 4 is 31.5 Å². The molecule has 0 aliphatic carbocycles. The first-order chi connectivity index (χ1) is 13.6. The van der Waals surface area contributed by atoms with Gasteiger partial charge in [-0.15, -0.1) is 11.3 Å². The molecule has 3 aromatic carbocycles. The fourth-order valence-corrected chi connectivity index (χ4v) is 4.97. The molecule has 2 nitrogen and oxygen atoms in total. The summed E-state index contributed by atoms with van der Waals surface area (Å²) in [5.41, 5.74) is 3.39. The predicted molar refractivity (Wildman–Crippen MR) is 116 cm³/mol. The molecule has 0 bridgehead atoms. The Morgan fingerprint density at radius 3 is 2.57 bits per heavy atom. The maximum absolute atomic E-state index is 14.5. The third-order valence-electron chi connectivity index (χ3n) is 5.15. The molecule has 0 N–H and O–H groups in total. The van der Waals surface area contributed by atoms with Gasteiger partial charge in [-0.2, -0.15) is 0 Å². The van der Waals surface area contributed by atoms with Gasteiger partial charge in [0, 0.05) is 33.4 Å². The maximum atomic E-state index is 14.5. The molecule has 5 aromatic rings. The van der Waals surface area contributed by atoms with Crippen molar-refractivity contribution in [3.05, 3.63) is 84.4 Å². The summed E-state index contributed by atoms with van der Waals surface area (Å²) in [5, 5.41) is 2.06. The second kappa shape index (κ2) is 6.57. The highest BCUT2D eigenvalue weighted by atomic mass is 32.1. The molecule has 0 saturated carbocycles. The van der Waals surface area contributed by atoms with Gasteiger partial charge in [0.1, 0.15) is 11.6 Å². The van der Waals surface area contributed by atoms with Crippen LogP contribution in [0.2, 0.25) is 0 Å². The number of hydrogen-bond donors (Lipinski definition) is 0. The van der Waals surface area contributed by atoms with Crippen molar-refractivity contribution in [2.24, 2.45) is 0 Å². The summed E-state index contributed by atoms with van der Waals surface area (Å²) in [6.45, 7) is 4.39. The van der Waals surface area contributed by atoms with Crippen molar-refractivity contribution in [1.29, 1.82) is 0 Å². The highest BCUT2D eigenvalue weighted by Crippen LogP contribution is 2.42. The SMILES string of the molecule is CC(C)c1ccc2sc3c(F)cccc3c2c1-n1ccnc1-c1ccccc1. The smallest absolute Gasteiger partial charge is 0.144 e. The van der Waals surface area contributed by atoms with E-state index in [0.29, 0.717) is 10.6 Å². The van der Waals surface area contributed by atoms with E-state index in [9.17, 15) is 4.39 Å². The van der Waals surface area contributed by atoms with Gasteiger partial charge in [0.25, 0.3) is 0 Å². The van der Waals surface area contributed by atoms with Crippen molar-refractivity contribution in [3.8, 4) is 17.1 Å². The minimum atomic E-state index is -0.162. The van der Waals surface area contributed by atoms with E-state index in [-0.39, 0.29) is 5.82 Å². The van der Waals surface area contributed by atoms with E-state index < -0.39 is 0 Å². The van der Waals surface area contributed by atoms with E-state index >= 15 is 0 Å². The summed E-state index contributed by atoms with van der Waals surface area (Å²) in [5.74, 6) is 1.06. The van der Waals surface area contributed by atoms with Gasteiger partial charge < -0.3 is 0 Å². The largest absolute Gasteiger partial charge is 0.299 e. The van der Waals surface area contributed by atoms with Crippen molar-refractivity contribution in [3.63, 3.8) is 0 Å². The van der Waals surface area contributed by atoms with E-state index in [1.165, 1.54) is 23.0 Å². The van der Waals surface area contributed by atoms with Gasteiger partial charge in [0.05, 0.1) is 10.4 Å². The van der Waals surface area contributed by atoms with Crippen LogP contribution in [0.4, 0.5) is 4.39 Å². The quantitative estimate of drug-likeness (QED) is 0.321. The van der Waals surface area contributed by atoms with E-state index in [1.807, 2.05) is 36.7 Å². The van der Waals surface area contributed by atoms with E-state index in [0.717, 1.165) is 32.5 Å². The Bertz CT molecular complexity index is 1300. The van der Waals surface area contributed by atoms with Gasteiger partial charge in [-0.3, -0.25) is 4.57 Å². The van der Waals surface area contributed by atoms with Crippen LogP contribution in [0, 0.1) is 5.82 Å². The molecule has 0 aliphatic heterocycles. The van der Waals surface area contributed by atoms with Crippen LogP contribution in [0.25, 0.3) is 37.2 Å². The number of aromatic nitrogens is 2. The molecule has 2 aromatic heterocycles. The maximum Gasteiger partial charge on any atom is 0.144 e. The fraction of sp³-hybridized carbons (Fsp3) is 0.125. The average Bonchev–Trinajstić information content (AvgIpc) is 3.33. The van der Waals surface area contributed by atoms with E-state index in [4.69, 9.17) is 0 Å². The summed E-state index contributed by atoms with van der Waals surface area (Å²) in [6, 6.07) is 19.8. The lowest BCUT2D eigenvalue weighted by Crippen LogP contribution is -2.03. The second-order valence-corrected chi connectivity index (χ2v) is 8.29. The molecule has 0 atom stereocenters. The molecule has 138 valence electrons. The molecular formula is C24H19FN2S. The van der Waals surface area contributed by atoms with Crippen molar-refractivity contribution < 1.29 is 4.39 Å². The molecule has 0 aliphatic rings. The van der Waals surface area contributed by atoms with Gasteiger partial charge in [0.15, 0.2) is 0 Å². The lowest BCUT2D eigenvalue weighted by atomic mass is 9.97. The third-order valence-corrected chi connectivity index (χ3v) is 6.33. The van der Waals surface area contributed by atoms with Gasteiger partial charge in [0.2, 0.25) is 0 Å². The van der Waals surface area contributed by atoms with Crippen molar-refractivity contribution in [2.45, 2.75) is 19.8 Å². The number of imidazole rings is 1. The number of rotatable bonds is 3. The molecule has 0 spiro atoms. The second-order valence-electron chi connectivity index (χ2n) is 7.24. The van der Waals surface area contributed by atoms with Crippen LogP contribution in [0.15, 0.2) is 73.1 Å². The number of benzene rings is 3. The zero-order valence-electron chi connectivity index (χ0n) is 15.7. The number of nitrogens with zero attached hydrogens (tertiary/aromatic N) is 2. The molecule has 4 heteroatoms. The number of fused-ring (bicyclic) bond motifs is 3. The third kappa shape index (κ3) is 2.56. The van der Waals surface area contributed by atoms with Gasteiger partial charge in [-0.1, -0.05) is 62.4 Å². The first-order valence-corrected chi connectivity index (χ1v) is 10.2. The van der Waals surface area contributed by atoms with Crippen molar-refractivity contribution in [2.75, 3.05) is 0 Å². The molecular weight excluding hydrogens is 367 g/mol. The fourth-order valence-electron chi connectivity index (χ4n) is 3.86.